The van der Waals surface area contributed by atoms with Crippen LogP contribution in [-0.2, 0) is 0 Å². The highest BCUT2D eigenvalue weighted by atomic mass is 32.2. The molecule has 0 amide bonds. The Morgan fingerprint density at radius 3 is 2.54 bits per heavy atom. The zero-order valence-electron chi connectivity index (χ0n) is 13.0. The van der Waals surface area contributed by atoms with E-state index in [0.717, 1.165) is 32.7 Å². The Balaban J connectivity index is 1.47. The van der Waals surface area contributed by atoms with Crippen LogP contribution in [-0.4, -0.2) is 24.7 Å². The molecule has 0 fully saturated rings. The maximum atomic E-state index is 12.5. The van der Waals surface area contributed by atoms with Crippen LogP contribution in [0.1, 0.15) is 10.4 Å². The highest BCUT2D eigenvalue weighted by Crippen LogP contribution is 2.34. The number of fused-ring (bicyclic) bond motifs is 2. The number of hydrogen-bond donors (Lipinski definition) is 0. The van der Waals surface area contributed by atoms with Crippen molar-refractivity contribution >= 4 is 28.3 Å². The molecular formula is C20H16O3S. The van der Waals surface area contributed by atoms with E-state index in [1.54, 1.807) is 0 Å². The van der Waals surface area contributed by atoms with Crippen LogP contribution in [0.3, 0.4) is 0 Å². The summed E-state index contributed by atoms with van der Waals surface area (Å²) in [6, 6.07) is 19.7. The van der Waals surface area contributed by atoms with Gasteiger partial charge in [0.2, 0.25) is 0 Å². The van der Waals surface area contributed by atoms with E-state index >= 15 is 0 Å². The van der Waals surface area contributed by atoms with E-state index in [1.807, 2.05) is 60.7 Å². The topological polar surface area (TPSA) is 35.5 Å². The van der Waals surface area contributed by atoms with Gasteiger partial charge in [-0.2, -0.15) is 0 Å². The molecule has 0 atom stereocenters. The molecule has 0 unspecified atom stereocenters. The van der Waals surface area contributed by atoms with E-state index in [0.29, 0.717) is 19.0 Å². The van der Waals surface area contributed by atoms with Crippen molar-refractivity contribution in [3.8, 4) is 11.5 Å². The number of benzene rings is 3. The monoisotopic (exact) mass is 336 g/mol. The number of Topliss-reactive ketones (excluding diaryl/α,β-unsaturated/α-hetero) is 1. The smallest absolute Gasteiger partial charge is 0.173 e. The van der Waals surface area contributed by atoms with Gasteiger partial charge in [-0.05, 0) is 35.0 Å². The van der Waals surface area contributed by atoms with Crippen LogP contribution in [0.2, 0.25) is 0 Å². The Morgan fingerprint density at radius 2 is 1.67 bits per heavy atom. The van der Waals surface area contributed by atoms with Gasteiger partial charge in [0.1, 0.15) is 13.2 Å². The second-order valence-electron chi connectivity index (χ2n) is 5.58. The summed E-state index contributed by atoms with van der Waals surface area (Å²) in [5.41, 5.74) is 0.749. The van der Waals surface area contributed by atoms with Crippen LogP contribution >= 0.6 is 11.8 Å². The molecule has 0 saturated heterocycles. The van der Waals surface area contributed by atoms with E-state index in [4.69, 9.17) is 9.47 Å². The fourth-order valence-electron chi connectivity index (χ4n) is 2.71. The quantitative estimate of drug-likeness (QED) is 0.516. The molecule has 0 bridgehead atoms. The van der Waals surface area contributed by atoms with Crippen molar-refractivity contribution in [2.75, 3.05) is 19.0 Å². The second-order valence-corrected chi connectivity index (χ2v) is 6.63. The molecule has 1 heterocycles. The Kier molecular flexibility index (Phi) is 4.13. The first kappa shape index (κ1) is 15.1. The maximum absolute atomic E-state index is 12.5. The number of ketones is 1. The normalized spacial score (nSPS) is 13.0. The van der Waals surface area contributed by atoms with Crippen molar-refractivity contribution < 1.29 is 14.3 Å². The Labute approximate surface area is 144 Å². The van der Waals surface area contributed by atoms with Crippen molar-refractivity contribution in [3.05, 3.63) is 66.2 Å². The average Bonchev–Trinajstić information content (AvgIpc) is 2.65. The Bertz CT molecular complexity index is 904. The maximum Gasteiger partial charge on any atom is 0.173 e. The summed E-state index contributed by atoms with van der Waals surface area (Å²) >= 11 is 1.52. The van der Waals surface area contributed by atoms with Gasteiger partial charge in [0.15, 0.2) is 17.3 Å². The minimum absolute atomic E-state index is 0.126. The van der Waals surface area contributed by atoms with Crippen molar-refractivity contribution in [2.24, 2.45) is 0 Å². The van der Waals surface area contributed by atoms with E-state index in [2.05, 4.69) is 0 Å². The van der Waals surface area contributed by atoms with Crippen molar-refractivity contribution in [1.29, 1.82) is 0 Å². The lowest BCUT2D eigenvalue weighted by molar-refractivity contribution is 0.102. The molecule has 0 spiro atoms. The van der Waals surface area contributed by atoms with Crippen LogP contribution in [0.15, 0.2) is 65.6 Å². The molecule has 0 N–H and O–H groups in total. The van der Waals surface area contributed by atoms with Gasteiger partial charge in [0.05, 0.1) is 5.75 Å². The summed E-state index contributed by atoms with van der Waals surface area (Å²) in [5.74, 6) is 2.05. The molecule has 0 aromatic heterocycles. The molecule has 3 nitrogen and oxygen atoms in total. The third-order valence-electron chi connectivity index (χ3n) is 3.96. The number of carbonyl (C=O) groups is 1. The fourth-order valence-corrected chi connectivity index (χ4v) is 3.53. The summed E-state index contributed by atoms with van der Waals surface area (Å²) in [7, 11) is 0. The first-order valence-corrected chi connectivity index (χ1v) is 8.83. The number of hydrogen-bond acceptors (Lipinski definition) is 4. The summed E-state index contributed by atoms with van der Waals surface area (Å²) in [6.45, 7) is 1.15. The largest absolute Gasteiger partial charge is 0.486 e. The van der Waals surface area contributed by atoms with E-state index < -0.39 is 0 Å². The lowest BCUT2D eigenvalue weighted by Gasteiger charge is -2.18. The van der Waals surface area contributed by atoms with E-state index in [1.165, 1.54) is 11.8 Å². The first-order valence-electron chi connectivity index (χ1n) is 7.84. The van der Waals surface area contributed by atoms with E-state index in [9.17, 15) is 4.79 Å². The van der Waals surface area contributed by atoms with Crippen LogP contribution < -0.4 is 9.47 Å². The van der Waals surface area contributed by atoms with Crippen molar-refractivity contribution in [1.82, 2.24) is 0 Å². The molecule has 3 aromatic rings. The van der Waals surface area contributed by atoms with Crippen molar-refractivity contribution in [2.45, 2.75) is 4.90 Å². The van der Waals surface area contributed by atoms with Crippen LogP contribution in [0.25, 0.3) is 10.8 Å². The standard InChI is InChI=1S/C20H16O3S/c21-18(16-6-5-14-3-1-2-4-15(14)11-16)13-24-17-7-8-19-20(12-17)23-10-9-22-19/h1-8,11-12H,9-10,13H2. The second kappa shape index (κ2) is 6.57. The molecule has 1 aliphatic rings. The summed E-state index contributed by atoms with van der Waals surface area (Å²) in [4.78, 5) is 13.5. The zero-order chi connectivity index (χ0) is 16.4. The lowest BCUT2D eigenvalue weighted by Crippen LogP contribution is -2.15. The number of rotatable bonds is 4. The molecule has 120 valence electrons. The SMILES string of the molecule is O=C(CSc1ccc2c(c1)OCCO2)c1ccc2ccccc2c1. The van der Waals surface area contributed by atoms with Gasteiger partial charge in [-0.15, -0.1) is 11.8 Å². The van der Waals surface area contributed by atoms with Gasteiger partial charge in [0.25, 0.3) is 0 Å². The average molecular weight is 336 g/mol. The molecule has 1 aliphatic heterocycles. The minimum Gasteiger partial charge on any atom is -0.486 e. The van der Waals surface area contributed by atoms with Gasteiger partial charge in [-0.1, -0.05) is 36.4 Å². The van der Waals surface area contributed by atoms with Crippen LogP contribution in [0, 0.1) is 0 Å². The Hall–Kier alpha value is -2.46. The predicted molar refractivity (Wildman–Crippen MR) is 96.4 cm³/mol. The molecule has 0 aliphatic carbocycles. The first-order chi connectivity index (χ1) is 11.8. The summed E-state index contributed by atoms with van der Waals surface area (Å²) in [6.07, 6.45) is 0. The zero-order valence-corrected chi connectivity index (χ0v) is 13.8. The molecule has 0 saturated carbocycles. The number of ether oxygens (including phenoxy) is 2. The third kappa shape index (κ3) is 3.10. The van der Waals surface area contributed by atoms with Gasteiger partial charge in [0, 0.05) is 10.5 Å². The molecule has 0 radical (unpaired) electrons. The summed E-state index contributed by atoms with van der Waals surface area (Å²) in [5, 5.41) is 2.24. The van der Waals surface area contributed by atoms with Gasteiger partial charge in [-0.25, -0.2) is 0 Å². The molecule has 4 rings (SSSR count). The van der Waals surface area contributed by atoms with E-state index in [-0.39, 0.29) is 5.78 Å². The molecule has 24 heavy (non-hydrogen) atoms. The summed E-state index contributed by atoms with van der Waals surface area (Å²) < 4.78 is 11.1. The number of carbonyl (C=O) groups excluding carboxylic acids is 1. The van der Waals surface area contributed by atoms with Gasteiger partial charge in [-0.3, -0.25) is 4.79 Å². The van der Waals surface area contributed by atoms with Gasteiger partial charge >= 0.3 is 0 Å². The number of thioether (sulfide) groups is 1. The van der Waals surface area contributed by atoms with Crippen molar-refractivity contribution in [3.63, 3.8) is 0 Å². The van der Waals surface area contributed by atoms with Crippen LogP contribution in [0.4, 0.5) is 0 Å². The highest BCUT2D eigenvalue weighted by Gasteiger charge is 2.13. The van der Waals surface area contributed by atoms with Gasteiger partial charge < -0.3 is 9.47 Å². The minimum atomic E-state index is 0.126. The fraction of sp³-hybridized carbons (Fsp3) is 0.150. The third-order valence-corrected chi connectivity index (χ3v) is 4.95. The molecule has 4 heteroatoms. The Morgan fingerprint density at radius 1 is 0.875 bits per heavy atom. The predicted octanol–water partition coefficient (Wildman–Crippen LogP) is 4.59. The van der Waals surface area contributed by atoms with Crippen LogP contribution in [0.5, 0.6) is 11.5 Å². The highest BCUT2D eigenvalue weighted by molar-refractivity contribution is 8.00. The molecule has 3 aromatic carbocycles. The lowest BCUT2D eigenvalue weighted by atomic mass is 10.1. The molecular weight excluding hydrogens is 320 g/mol.